The number of carbonyl (C=O) groups excluding carboxylic acids is 1. The van der Waals surface area contributed by atoms with Crippen molar-refractivity contribution in [1.29, 1.82) is 0 Å². The van der Waals surface area contributed by atoms with Gasteiger partial charge in [-0.2, -0.15) is 0 Å². The molecule has 1 amide bonds. The van der Waals surface area contributed by atoms with Gasteiger partial charge >= 0.3 is 0 Å². The van der Waals surface area contributed by atoms with Gasteiger partial charge in [0, 0.05) is 37.2 Å². The van der Waals surface area contributed by atoms with Crippen LogP contribution in [0.25, 0.3) is 0 Å². The van der Waals surface area contributed by atoms with Crippen molar-refractivity contribution < 1.29 is 9.53 Å². The molecule has 3 heterocycles. The Labute approximate surface area is 165 Å². The van der Waals surface area contributed by atoms with Crippen LogP contribution in [0.2, 0.25) is 0 Å². The van der Waals surface area contributed by atoms with Crippen LogP contribution < -0.4 is 10.6 Å². The van der Waals surface area contributed by atoms with Crippen molar-refractivity contribution in [2.75, 3.05) is 38.7 Å². The van der Waals surface area contributed by atoms with E-state index in [2.05, 4.69) is 31.6 Å². The number of rotatable bonds is 8. The third kappa shape index (κ3) is 5.97. The average molecular weight is 384 g/mol. The molecule has 1 fully saturated rings. The van der Waals surface area contributed by atoms with Crippen LogP contribution in [-0.4, -0.2) is 65.2 Å². The number of piperidine rings is 1. The highest BCUT2D eigenvalue weighted by molar-refractivity contribution is 5.78. The summed E-state index contributed by atoms with van der Waals surface area (Å²) in [6.45, 7) is 4.68. The second-order valence-electron chi connectivity index (χ2n) is 7.12. The Bertz CT molecular complexity index is 749. The first kappa shape index (κ1) is 20.2. The topological polar surface area (TPSA) is 92.3 Å². The fraction of sp³-hybridized carbons (Fsp3) is 0.500. The summed E-state index contributed by atoms with van der Waals surface area (Å²) in [6, 6.07) is 7.80. The van der Waals surface area contributed by atoms with Gasteiger partial charge in [0.1, 0.15) is 5.82 Å². The fourth-order valence-corrected chi connectivity index (χ4v) is 3.43. The van der Waals surface area contributed by atoms with Crippen molar-refractivity contribution in [3.05, 3.63) is 42.4 Å². The highest BCUT2D eigenvalue weighted by Crippen LogP contribution is 2.27. The number of pyridine rings is 1. The molecular weight excluding hydrogens is 356 g/mol. The van der Waals surface area contributed by atoms with Crippen LogP contribution in [0.3, 0.4) is 0 Å². The molecule has 2 aromatic heterocycles. The second kappa shape index (κ2) is 10.1. The Hall–Kier alpha value is -2.58. The highest BCUT2D eigenvalue weighted by Gasteiger charge is 2.23. The lowest BCUT2D eigenvalue weighted by atomic mass is 9.93. The molecule has 2 N–H and O–H groups in total. The van der Waals surface area contributed by atoms with Crippen LogP contribution >= 0.6 is 0 Å². The number of methoxy groups -OCH3 is 1. The van der Waals surface area contributed by atoms with Gasteiger partial charge in [-0.25, -0.2) is 15.0 Å². The smallest absolute Gasteiger partial charge is 0.234 e. The van der Waals surface area contributed by atoms with Crippen LogP contribution in [0.1, 0.15) is 31.4 Å². The molecule has 1 aliphatic heterocycles. The third-order valence-electron chi connectivity index (χ3n) is 4.77. The molecule has 8 nitrogen and oxygen atoms in total. The third-order valence-corrected chi connectivity index (χ3v) is 4.77. The summed E-state index contributed by atoms with van der Waals surface area (Å²) in [4.78, 5) is 27.4. The molecule has 8 heteroatoms. The molecule has 1 atom stereocenters. The van der Waals surface area contributed by atoms with Gasteiger partial charge in [-0.3, -0.25) is 9.69 Å². The van der Waals surface area contributed by atoms with Crippen LogP contribution in [0.4, 0.5) is 11.8 Å². The molecule has 0 radical (unpaired) electrons. The van der Waals surface area contributed by atoms with E-state index in [1.165, 1.54) is 0 Å². The van der Waals surface area contributed by atoms with Crippen LogP contribution in [0, 0.1) is 0 Å². The average Bonchev–Trinajstić information content (AvgIpc) is 2.69. The Kier molecular flexibility index (Phi) is 7.27. The Morgan fingerprint density at radius 3 is 2.71 bits per heavy atom. The molecule has 0 bridgehead atoms. The van der Waals surface area contributed by atoms with E-state index in [1.54, 1.807) is 25.6 Å². The Morgan fingerprint density at radius 1 is 1.25 bits per heavy atom. The predicted octanol–water partition coefficient (Wildman–Crippen LogP) is 1.95. The summed E-state index contributed by atoms with van der Waals surface area (Å²) in [5.74, 6) is 1.73. The van der Waals surface area contributed by atoms with E-state index in [0.29, 0.717) is 25.0 Å². The van der Waals surface area contributed by atoms with Crippen molar-refractivity contribution in [3.63, 3.8) is 0 Å². The van der Waals surface area contributed by atoms with Gasteiger partial charge in [0.2, 0.25) is 11.9 Å². The lowest BCUT2D eigenvalue weighted by Gasteiger charge is -2.31. The molecule has 2 aromatic rings. The standard InChI is InChI=1S/C20H28N6O2/c1-15(14-28-2)23-19(27)13-26-11-7-16(8-12-26)17-5-3-6-18(24-17)25-20-21-9-4-10-22-20/h3-6,9-10,15-16H,7-8,11-14H2,1-2H3,(H,23,27)(H,21,22,24,25). The zero-order valence-corrected chi connectivity index (χ0v) is 16.5. The van der Waals surface area contributed by atoms with Crippen molar-refractivity contribution >= 4 is 17.7 Å². The SMILES string of the molecule is COCC(C)NC(=O)CN1CCC(c2cccc(Nc3ncccn3)n2)CC1. The van der Waals surface area contributed by atoms with E-state index in [9.17, 15) is 4.79 Å². The zero-order valence-electron chi connectivity index (χ0n) is 16.5. The van der Waals surface area contributed by atoms with Crippen LogP contribution in [0.5, 0.6) is 0 Å². The number of amides is 1. The molecule has 0 saturated carbocycles. The molecular formula is C20H28N6O2. The number of aromatic nitrogens is 3. The van der Waals surface area contributed by atoms with Crippen LogP contribution in [0.15, 0.2) is 36.7 Å². The normalized spacial score (nSPS) is 16.5. The largest absolute Gasteiger partial charge is 0.383 e. The van der Waals surface area contributed by atoms with Gasteiger partial charge in [0.05, 0.1) is 13.2 Å². The summed E-state index contributed by atoms with van der Waals surface area (Å²) in [5, 5.41) is 6.10. The number of nitrogens with zero attached hydrogens (tertiary/aromatic N) is 4. The van der Waals surface area contributed by atoms with E-state index in [-0.39, 0.29) is 11.9 Å². The van der Waals surface area contributed by atoms with E-state index in [1.807, 2.05) is 19.1 Å². The van der Waals surface area contributed by atoms with E-state index < -0.39 is 0 Å². The van der Waals surface area contributed by atoms with Crippen molar-refractivity contribution in [2.24, 2.45) is 0 Å². The van der Waals surface area contributed by atoms with Gasteiger partial charge < -0.3 is 15.4 Å². The van der Waals surface area contributed by atoms with Gasteiger partial charge in [0.25, 0.3) is 0 Å². The number of anilines is 2. The molecule has 1 unspecified atom stereocenters. The number of hydrogen-bond acceptors (Lipinski definition) is 7. The van der Waals surface area contributed by atoms with E-state index >= 15 is 0 Å². The number of carbonyl (C=O) groups is 1. The Morgan fingerprint density at radius 2 is 2.00 bits per heavy atom. The number of ether oxygens (including phenoxy) is 1. The highest BCUT2D eigenvalue weighted by atomic mass is 16.5. The maximum Gasteiger partial charge on any atom is 0.234 e. The molecule has 1 saturated heterocycles. The quantitative estimate of drug-likeness (QED) is 0.718. The maximum atomic E-state index is 12.1. The molecule has 0 aliphatic carbocycles. The minimum atomic E-state index is 0.0306. The fourth-order valence-electron chi connectivity index (χ4n) is 3.43. The molecule has 1 aliphatic rings. The minimum absolute atomic E-state index is 0.0306. The first-order chi connectivity index (χ1) is 13.6. The number of hydrogen-bond donors (Lipinski definition) is 2. The molecule has 28 heavy (non-hydrogen) atoms. The van der Waals surface area contributed by atoms with Gasteiger partial charge in [-0.15, -0.1) is 0 Å². The lowest BCUT2D eigenvalue weighted by molar-refractivity contribution is -0.123. The van der Waals surface area contributed by atoms with Gasteiger partial charge in [-0.1, -0.05) is 6.07 Å². The van der Waals surface area contributed by atoms with Crippen molar-refractivity contribution in [3.8, 4) is 0 Å². The Balaban J connectivity index is 1.49. The zero-order chi connectivity index (χ0) is 19.8. The van der Waals surface area contributed by atoms with Gasteiger partial charge in [0.15, 0.2) is 0 Å². The molecule has 0 spiro atoms. The maximum absolute atomic E-state index is 12.1. The first-order valence-electron chi connectivity index (χ1n) is 9.65. The van der Waals surface area contributed by atoms with Gasteiger partial charge in [-0.05, 0) is 51.1 Å². The summed E-state index contributed by atoms with van der Waals surface area (Å²) >= 11 is 0. The van der Waals surface area contributed by atoms with E-state index in [0.717, 1.165) is 37.4 Å². The molecule has 0 aromatic carbocycles. The monoisotopic (exact) mass is 384 g/mol. The van der Waals surface area contributed by atoms with Crippen molar-refractivity contribution in [1.82, 2.24) is 25.2 Å². The number of likely N-dealkylation sites (tertiary alicyclic amines) is 1. The van der Waals surface area contributed by atoms with E-state index in [4.69, 9.17) is 9.72 Å². The summed E-state index contributed by atoms with van der Waals surface area (Å²) in [6.07, 6.45) is 5.36. The minimum Gasteiger partial charge on any atom is -0.383 e. The molecule has 3 rings (SSSR count). The van der Waals surface area contributed by atoms with Crippen LogP contribution in [-0.2, 0) is 9.53 Å². The second-order valence-corrected chi connectivity index (χ2v) is 7.12. The summed E-state index contributed by atoms with van der Waals surface area (Å²) in [5.41, 5.74) is 1.07. The number of nitrogens with one attached hydrogen (secondary N) is 2. The predicted molar refractivity (Wildman–Crippen MR) is 107 cm³/mol. The summed E-state index contributed by atoms with van der Waals surface area (Å²) in [7, 11) is 1.64. The molecule has 150 valence electrons. The summed E-state index contributed by atoms with van der Waals surface area (Å²) < 4.78 is 5.06. The first-order valence-corrected chi connectivity index (χ1v) is 9.65. The lowest BCUT2D eigenvalue weighted by Crippen LogP contribution is -2.44. The van der Waals surface area contributed by atoms with Crippen molar-refractivity contribution in [2.45, 2.75) is 31.7 Å².